The number of aromatic nitrogens is 1. The summed E-state index contributed by atoms with van der Waals surface area (Å²) in [6, 6.07) is 17.8. The summed E-state index contributed by atoms with van der Waals surface area (Å²) in [5, 5.41) is 1.54. The molecule has 0 spiro atoms. The van der Waals surface area contributed by atoms with Gasteiger partial charge in [0.05, 0.1) is 13.8 Å². The summed E-state index contributed by atoms with van der Waals surface area (Å²) in [4.78, 5) is 4.67. The molecule has 0 bridgehead atoms. The van der Waals surface area contributed by atoms with Gasteiger partial charge in [0.25, 0.3) is 0 Å². The van der Waals surface area contributed by atoms with E-state index in [9.17, 15) is 0 Å². The predicted molar refractivity (Wildman–Crippen MR) is 79.8 cm³/mol. The molecule has 3 rings (SSSR count). The number of rotatable bonds is 2. The Kier molecular flexibility index (Phi) is 3.04. The largest absolute Gasteiger partial charge is 0.256 e. The van der Waals surface area contributed by atoms with Crippen LogP contribution in [0.5, 0.6) is 0 Å². The molecule has 0 amide bonds. The lowest BCUT2D eigenvalue weighted by molar-refractivity contribution is 0.935. The number of hydrogen-bond acceptors (Lipinski definition) is 1. The summed E-state index contributed by atoms with van der Waals surface area (Å²) >= 11 is 0. The first kappa shape index (κ1) is 11.7. The van der Waals surface area contributed by atoms with Gasteiger partial charge in [-0.05, 0) is 11.3 Å². The molecule has 1 aromatic heterocycles. The summed E-state index contributed by atoms with van der Waals surface area (Å²) in [7, 11) is -1.15. The van der Waals surface area contributed by atoms with Gasteiger partial charge in [-0.1, -0.05) is 67.9 Å². The van der Waals surface area contributed by atoms with Gasteiger partial charge in [0.15, 0.2) is 0 Å². The molecule has 0 saturated carbocycles. The van der Waals surface area contributed by atoms with Crippen molar-refractivity contribution < 1.29 is 0 Å². The van der Waals surface area contributed by atoms with Crippen molar-refractivity contribution in [3.8, 4) is 11.3 Å². The zero-order valence-electron chi connectivity index (χ0n) is 10.9. The molecule has 1 fully saturated rings. The summed E-state index contributed by atoms with van der Waals surface area (Å²) in [6.45, 7) is 2.51. The highest BCUT2D eigenvalue weighted by Gasteiger charge is 2.33. The molecule has 0 unspecified atom stereocenters. The normalized spacial score (nSPS) is 17.8. The van der Waals surface area contributed by atoms with Crippen molar-refractivity contribution in [3.05, 3.63) is 48.7 Å². The van der Waals surface area contributed by atoms with Gasteiger partial charge < -0.3 is 0 Å². The van der Waals surface area contributed by atoms with E-state index in [4.69, 9.17) is 0 Å². The van der Waals surface area contributed by atoms with Crippen LogP contribution in [0.25, 0.3) is 11.3 Å². The minimum atomic E-state index is -1.15. The summed E-state index contributed by atoms with van der Waals surface area (Å²) < 4.78 is 0. The molecular formula is C16H19NSi. The Bertz CT molecular complexity index is 513. The molecule has 92 valence electrons. The van der Waals surface area contributed by atoms with Crippen LogP contribution in [0.15, 0.2) is 48.7 Å². The van der Waals surface area contributed by atoms with Gasteiger partial charge in [0.2, 0.25) is 0 Å². The third-order valence-electron chi connectivity index (χ3n) is 4.24. The maximum absolute atomic E-state index is 4.67. The minimum absolute atomic E-state index is 1.09. The number of benzene rings is 1. The lowest BCUT2D eigenvalue weighted by atomic mass is 10.1. The van der Waals surface area contributed by atoms with Gasteiger partial charge in [-0.25, -0.2) is 0 Å². The van der Waals surface area contributed by atoms with Gasteiger partial charge >= 0.3 is 0 Å². The molecule has 1 aliphatic rings. The standard InChI is InChI=1S/C16H19NSi/c1-18(11-5-6-12-18)15-9-10-16(17-13-15)14-7-3-2-4-8-14/h2-4,7-10,13H,5-6,11-12H2,1H3. The first-order valence-corrected chi connectivity index (χ1v) is 9.71. The molecule has 0 aliphatic carbocycles. The van der Waals surface area contributed by atoms with Gasteiger partial charge in [-0.3, -0.25) is 4.98 Å². The maximum atomic E-state index is 4.67. The predicted octanol–water partition coefficient (Wildman–Crippen LogP) is 3.83. The Morgan fingerprint density at radius 2 is 1.67 bits per heavy atom. The van der Waals surface area contributed by atoms with Crippen molar-refractivity contribution in [2.24, 2.45) is 0 Å². The second-order valence-electron chi connectivity index (χ2n) is 5.57. The second kappa shape index (κ2) is 4.69. The number of pyridine rings is 1. The van der Waals surface area contributed by atoms with E-state index in [-0.39, 0.29) is 0 Å². The third-order valence-corrected chi connectivity index (χ3v) is 8.84. The van der Waals surface area contributed by atoms with E-state index in [0.717, 1.165) is 5.69 Å². The molecule has 1 aromatic carbocycles. The molecule has 0 N–H and O–H groups in total. The number of hydrogen-bond donors (Lipinski definition) is 0. The number of nitrogens with zero attached hydrogens (tertiary/aromatic N) is 1. The van der Waals surface area contributed by atoms with Crippen molar-refractivity contribution in [1.82, 2.24) is 4.98 Å². The van der Waals surface area contributed by atoms with Crippen LogP contribution in [0.2, 0.25) is 18.6 Å². The van der Waals surface area contributed by atoms with E-state index in [2.05, 4.69) is 54.1 Å². The SMILES string of the molecule is C[Si]1(c2ccc(-c3ccccc3)nc2)CCCC1. The Labute approximate surface area is 110 Å². The summed E-state index contributed by atoms with van der Waals surface area (Å²) in [5.74, 6) is 0. The molecule has 0 radical (unpaired) electrons. The second-order valence-corrected chi connectivity index (χ2v) is 10.3. The molecule has 1 nitrogen and oxygen atoms in total. The van der Waals surface area contributed by atoms with Crippen LogP contribution >= 0.6 is 0 Å². The lowest BCUT2D eigenvalue weighted by Gasteiger charge is -2.21. The highest BCUT2D eigenvalue weighted by atomic mass is 28.3. The molecule has 0 atom stereocenters. The first-order valence-electron chi connectivity index (χ1n) is 6.80. The van der Waals surface area contributed by atoms with E-state index in [0.29, 0.717) is 0 Å². The molecular weight excluding hydrogens is 234 g/mol. The van der Waals surface area contributed by atoms with Crippen molar-refractivity contribution in [2.45, 2.75) is 31.5 Å². The fourth-order valence-corrected chi connectivity index (χ4v) is 6.72. The van der Waals surface area contributed by atoms with Crippen molar-refractivity contribution in [3.63, 3.8) is 0 Å². The molecule has 2 heteroatoms. The molecule has 18 heavy (non-hydrogen) atoms. The Morgan fingerprint density at radius 1 is 0.944 bits per heavy atom. The topological polar surface area (TPSA) is 12.9 Å². The van der Waals surface area contributed by atoms with Crippen LogP contribution in [0.1, 0.15) is 12.8 Å². The highest BCUT2D eigenvalue weighted by Crippen LogP contribution is 2.29. The van der Waals surface area contributed by atoms with Crippen LogP contribution in [-0.4, -0.2) is 13.1 Å². The van der Waals surface area contributed by atoms with E-state index in [1.807, 2.05) is 6.07 Å². The van der Waals surface area contributed by atoms with E-state index < -0.39 is 8.07 Å². The Balaban J connectivity index is 1.90. The summed E-state index contributed by atoms with van der Waals surface area (Å²) in [5.41, 5.74) is 2.30. The monoisotopic (exact) mass is 253 g/mol. The average molecular weight is 253 g/mol. The quantitative estimate of drug-likeness (QED) is 0.741. The van der Waals surface area contributed by atoms with Crippen LogP contribution in [0, 0.1) is 0 Å². The van der Waals surface area contributed by atoms with Gasteiger partial charge in [-0.2, -0.15) is 0 Å². The maximum Gasteiger partial charge on any atom is 0.0857 e. The van der Waals surface area contributed by atoms with Crippen molar-refractivity contribution in [1.29, 1.82) is 0 Å². The minimum Gasteiger partial charge on any atom is -0.256 e. The zero-order valence-corrected chi connectivity index (χ0v) is 11.9. The van der Waals surface area contributed by atoms with Crippen LogP contribution in [0.4, 0.5) is 0 Å². The van der Waals surface area contributed by atoms with E-state index in [1.54, 1.807) is 5.19 Å². The van der Waals surface area contributed by atoms with E-state index in [1.165, 1.54) is 30.5 Å². The first-order chi connectivity index (χ1) is 8.78. The fraction of sp³-hybridized carbons (Fsp3) is 0.312. The Hall–Kier alpha value is -1.41. The van der Waals surface area contributed by atoms with Crippen molar-refractivity contribution >= 4 is 13.3 Å². The molecule has 1 aliphatic heterocycles. The van der Waals surface area contributed by atoms with Crippen molar-refractivity contribution in [2.75, 3.05) is 0 Å². The van der Waals surface area contributed by atoms with Gasteiger partial charge in [-0.15, -0.1) is 0 Å². The zero-order chi connectivity index (χ0) is 12.4. The fourth-order valence-electron chi connectivity index (χ4n) is 2.97. The smallest absolute Gasteiger partial charge is 0.0857 e. The average Bonchev–Trinajstić information content (AvgIpc) is 2.88. The van der Waals surface area contributed by atoms with Gasteiger partial charge in [0, 0.05) is 11.8 Å². The van der Waals surface area contributed by atoms with Crippen LogP contribution < -0.4 is 5.19 Å². The van der Waals surface area contributed by atoms with Gasteiger partial charge in [0.1, 0.15) is 0 Å². The lowest BCUT2D eigenvalue weighted by Crippen LogP contribution is -2.41. The third kappa shape index (κ3) is 2.13. The summed E-state index contributed by atoms with van der Waals surface area (Å²) in [6.07, 6.45) is 4.98. The Morgan fingerprint density at radius 3 is 2.28 bits per heavy atom. The molecule has 2 aromatic rings. The highest BCUT2D eigenvalue weighted by molar-refractivity contribution is 6.91. The van der Waals surface area contributed by atoms with Crippen LogP contribution in [-0.2, 0) is 0 Å². The van der Waals surface area contributed by atoms with E-state index >= 15 is 0 Å². The molecule has 2 heterocycles. The van der Waals surface area contributed by atoms with Crippen LogP contribution in [0.3, 0.4) is 0 Å². The molecule has 1 saturated heterocycles.